The number of ether oxygens (including phenoxy) is 2. The number of sulfonamides is 1. The Hall–Kier alpha value is -5.31. The van der Waals surface area contributed by atoms with Crippen molar-refractivity contribution < 1.29 is 27.5 Å². The molecule has 2 aromatic carbocycles. The van der Waals surface area contributed by atoms with Crippen molar-refractivity contribution in [1.29, 1.82) is 0 Å². The number of nitrogens with zero attached hydrogens (tertiary/aromatic N) is 7. The standard InChI is InChI=1S/C41H50N8O6S/c1-25(2)55-40(51)47-21-29-14-15-48(34(29)23-47)35-20-42-19-30(43-35)22-49-31(18-41(5,6)7)24-54-36-17-33(37-26(3)10-8-11-27(37)4)44-39(45-36)46-56(52,53)32-13-9-12-28(16-32)38(49)50/h8-13,16-17,19-20,25,29,31,34H,14-15,18,21-24H2,1-7H3,(H,44,45,46)/t29?,31-,34?/m1/s1. The van der Waals surface area contributed by atoms with Crippen molar-refractivity contribution >= 4 is 33.8 Å². The molecular weight excluding hydrogens is 733 g/mol. The molecule has 2 aromatic heterocycles. The second kappa shape index (κ2) is 15.3. The maximum absolute atomic E-state index is 14.7. The van der Waals surface area contributed by atoms with Gasteiger partial charge in [-0.1, -0.05) is 45.0 Å². The van der Waals surface area contributed by atoms with Crippen LogP contribution >= 0.6 is 0 Å². The average molecular weight is 783 g/mol. The first-order chi connectivity index (χ1) is 26.5. The second-order valence-electron chi connectivity index (χ2n) is 16.5. The van der Waals surface area contributed by atoms with Crippen LogP contribution in [0.25, 0.3) is 11.3 Å². The Kier molecular flexibility index (Phi) is 10.7. The smallest absolute Gasteiger partial charge is 0.410 e. The van der Waals surface area contributed by atoms with Crippen molar-refractivity contribution in [2.75, 3.05) is 35.9 Å². The van der Waals surface area contributed by atoms with E-state index in [1.807, 2.05) is 45.9 Å². The zero-order valence-corrected chi connectivity index (χ0v) is 33.8. The number of fused-ring (bicyclic) bond motifs is 5. The van der Waals surface area contributed by atoms with E-state index in [0.29, 0.717) is 36.7 Å². The third-order valence-corrected chi connectivity index (χ3v) is 11.8. The summed E-state index contributed by atoms with van der Waals surface area (Å²) in [6.07, 6.45) is 4.32. The van der Waals surface area contributed by atoms with E-state index in [1.54, 1.807) is 40.4 Å². The lowest BCUT2D eigenvalue weighted by atomic mass is 9.87. The van der Waals surface area contributed by atoms with E-state index in [-0.39, 0.29) is 70.9 Å². The summed E-state index contributed by atoms with van der Waals surface area (Å²) < 4.78 is 42.1. The Balaban J connectivity index is 1.25. The molecule has 0 spiro atoms. The zero-order chi connectivity index (χ0) is 39.9. The molecule has 14 nitrogen and oxygen atoms in total. The predicted molar refractivity (Wildman–Crippen MR) is 212 cm³/mol. The topological polar surface area (TPSA) is 160 Å². The van der Waals surface area contributed by atoms with E-state index >= 15 is 0 Å². The maximum Gasteiger partial charge on any atom is 0.410 e. The fourth-order valence-electron chi connectivity index (χ4n) is 8.00. The minimum absolute atomic E-state index is 0.0589. The molecule has 0 saturated carbocycles. The van der Waals surface area contributed by atoms with Crippen molar-refractivity contribution in [3.8, 4) is 17.1 Å². The van der Waals surface area contributed by atoms with Crippen molar-refractivity contribution in [1.82, 2.24) is 29.7 Å². The van der Waals surface area contributed by atoms with Gasteiger partial charge in [0.25, 0.3) is 15.9 Å². The number of benzene rings is 2. The van der Waals surface area contributed by atoms with Gasteiger partial charge < -0.3 is 24.2 Å². The van der Waals surface area contributed by atoms with Gasteiger partial charge in [-0.05, 0) is 75.3 Å². The minimum atomic E-state index is -4.22. The highest BCUT2D eigenvalue weighted by molar-refractivity contribution is 7.92. The van der Waals surface area contributed by atoms with E-state index in [1.165, 1.54) is 12.1 Å². The van der Waals surface area contributed by atoms with Crippen LogP contribution in [-0.4, -0.2) is 94.6 Å². The van der Waals surface area contributed by atoms with Crippen molar-refractivity contribution in [2.45, 2.75) is 90.9 Å². The number of nitrogens with one attached hydrogen (secondary N) is 1. The number of carbonyl (C=O) groups excluding carboxylic acids is 2. The summed E-state index contributed by atoms with van der Waals surface area (Å²) in [5.41, 5.74) is 3.79. The van der Waals surface area contributed by atoms with Crippen LogP contribution in [0.1, 0.15) is 74.6 Å². The molecule has 0 aliphatic carbocycles. The van der Waals surface area contributed by atoms with Crippen LogP contribution in [0.2, 0.25) is 0 Å². The van der Waals surface area contributed by atoms with Crippen LogP contribution in [0.4, 0.5) is 16.6 Å². The Labute approximate surface area is 328 Å². The molecular formula is C41H50N8O6S. The molecule has 56 heavy (non-hydrogen) atoms. The Morgan fingerprint density at radius 2 is 1.77 bits per heavy atom. The molecule has 296 valence electrons. The van der Waals surface area contributed by atoms with Gasteiger partial charge in [0.15, 0.2) is 0 Å². The van der Waals surface area contributed by atoms with E-state index < -0.39 is 16.1 Å². The van der Waals surface area contributed by atoms with Gasteiger partial charge in [0.05, 0.1) is 53.4 Å². The number of likely N-dealkylation sites (tertiary alicyclic amines) is 1. The zero-order valence-electron chi connectivity index (χ0n) is 33.0. The molecule has 2 saturated heterocycles. The first kappa shape index (κ1) is 38.9. The van der Waals surface area contributed by atoms with Crippen LogP contribution in [0.3, 0.4) is 0 Å². The van der Waals surface area contributed by atoms with Gasteiger partial charge in [0, 0.05) is 42.7 Å². The number of rotatable bonds is 6. The van der Waals surface area contributed by atoms with E-state index in [4.69, 9.17) is 14.5 Å². The normalized spacial score (nSPS) is 20.8. The molecule has 5 heterocycles. The summed E-state index contributed by atoms with van der Waals surface area (Å²) in [5, 5.41) is 0. The highest BCUT2D eigenvalue weighted by Crippen LogP contribution is 2.36. The Morgan fingerprint density at radius 1 is 1.02 bits per heavy atom. The first-order valence-electron chi connectivity index (χ1n) is 19.1. The van der Waals surface area contributed by atoms with Gasteiger partial charge in [-0.15, -0.1) is 0 Å². The molecule has 4 bridgehead atoms. The van der Waals surface area contributed by atoms with Gasteiger partial charge in [0.1, 0.15) is 12.4 Å². The highest BCUT2D eigenvalue weighted by atomic mass is 32.2. The molecule has 3 atom stereocenters. The Bertz CT molecular complexity index is 2220. The van der Waals surface area contributed by atoms with Gasteiger partial charge in [-0.3, -0.25) is 9.78 Å². The summed E-state index contributed by atoms with van der Waals surface area (Å²) in [7, 11) is -4.22. The number of amides is 2. The minimum Gasteiger partial charge on any atom is -0.475 e. The molecule has 1 N–H and O–H groups in total. The third kappa shape index (κ3) is 8.42. The van der Waals surface area contributed by atoms with E-state index in [2.05, 4.69) is 45.3 Å². The number of aryl methyl sites for hydroxylation is 2. The largest absolute Gasteiger partial charge is 0.475 e. The van der Waals surface area contributed by atoms with Gasteiger partial charge >= 0.3 is 6.09 Å². The number of anilines is 2. The molecule has 0 radical (unpaired) electrons. The molecule has 15 heteroatoms. The average Bonchev–Trinajstić information content (AvgIpc) is 3.73. The lowest BCUT2D eigenvalue weighted by Gasteiger charge is -2.35. The van der Waals surface area contributed by atoms with Crippen molar-refractivity contribution in [3.63, 3.8) is 0 Å². The maximum atomic E-state index is 14.7. The Morgan fingerprint density at radius 3 is 2.50 bits per heavy atom. The van der Waals surface area contributed by atoms with Crippen molar-refractivity contribution in [2.24, 2.45) is 11.3 Å². The quantitative estimate of drug-likeness (QED) is 0.236. The fourth-order valence-corrected chi connectivity index (χ4v) is 8.99. The SMILES string of the molecule is Cc1cccc(C)c1-c1cc2nc(n1)NS(=O)(=O)c1cccc(c1)C(=O)N(Cc1cncc(N3CCC4CN(C(=O)OC(C)C)CC43)n1)[C@H](CC(C)(C)C)CO2. The summed E-state index contributed by atoms with van der Waals surface area (Å²) >= 11 is 0. The van der Waals surface area contributed by atoms with Crippen LogP contribution in [0.15, 0.2) is 65.8 Å². The van der Waals surface area contributed by atoms with Gasteiger partial charge in [-0.2, -0.15) is 4.98 Å². The molecule has 3 aliphatic heterocycles. The van der Waals surface area contributed by atoms with Crippen LogP contribution < -0.4 is 14.4 Å². The predicted octanol–water partition coefficient (Wildman–Crippen LogP) is 6.25. The lowest BCUT2D eigenvalue weighted by molar-refractivity contribution is 0.0509. The molecule has 4 aromatic rings. The van der Waals surface area contributed by atoms with Crippen LogP contribution in [0.5, 0.6) is 5.88 Å². The molecule has 3 aliphatic rings. The van der Waals surface area contributed by atoms with Gasteiger partial charge in [-0.25, -0.2) is 27.9 Å². The molecule has 2 fully saturated rings. The third-order valence-electron chi connectivity index (χ3n) is 10.5. The monoisotopic (exact) mass is 782 g/mol. The summed E-state index contributed by atoms with van der Waals surface area (Å²) in [4.78, 5) is 51.8. The summed E-state index contributed by atoms with van der Waals surface area (Å²) in [6.45, 7) is 16.0. The number of carbonyl (C=O) groups is 2. The van der Waals surface area contributed by atoms with Crippen molar-refractivity contribution in [3.05, 3.63) is 83.3 Å². The van der Waals surface area contributed by atoms with Crippen LogP contribution in [0, 0.1) is 25.2 Å². The molecule has 2 amide bonds. The van der Waals surface area contributed by atoms with E-state index in [0.717, 1.165) is 29.7 Å². The first-order valence-corrected chi connectivity index (χ1v) is 20.6. The molecule has 7 rings (SSSR count). The van der Waals surface area contributed by atoms with E-state index in [9.17, 15) is 18.0 Å². The number of aromatic nitrogens is 4. The molecule has 2 unspecified atom stereocenters. The van der Waals surface area contributed by atoms with Crippen LogP contribution in [-0.2, 0) is 21.3 Å². The fraction of sp³-hybridized carbons (Fsp3) is 0.463. The summed E-state index contributed by atoms with van der Waals surface area (Å²) in [5.74, 6) is 0.601. The second-order valence-corrected chi connectivity index (χ2v) is 18.2. The van der Waals surface area contributed by atoms with Gasteiger partial charge in [0.2, 0.25) is 11.8 Å². The lowest BCUT2D eigenvalue weighted by Crippen LogP contribution is -2.45. The summed E-state index contributed by atoms with van der Waals surface area (Å²) in [6, 6.07) is 13.2. The number of hydrogen-bond donors (Lipinski definition) is 1. The highest BCUT2D eigenvalue weighted by Gasteiger charge is 2.44. The number of hydrogen-bond acceptors (Lipinski definition) is 11.